The molecule has 0 saturated carbocycles. The van der Waals surface area contributed by atoms with Gasteiger partial charge in [-0.05, 0) is 56.5 Å². The van der Waals surface area contributed by atoms with Crippen molar-refractivity contribution in [3.63, 3.8) is 0 Å². The first kappa shape index (κ1) is 20.4. The maximum atomic E-state index is 14.4. The smallest absolute Gasteiger partial charge is 0.254 e. The van der Waals surface area contributed by atoms with Crippen LogP contribution in [0.2, 0.25) is 0 Å². The number of carbonyl (C=O) groups is 2. The normalized spacial score (nSPS) is 15.1. The van der Waals surface area contributed by atoms with Crippen LogP contribution in [0.4, 0.5) is 10.1 Å². The average molecular weight is 363 g/mol. The summed E-state index contributed by atoms with van der Waals surface area (Å²) < 4.78 is 14.4. The Morgan fingerprint density at radius 3 is 2.58 bits per heavy atom. The third kappa shape index (κ3) is 5.53. The van der Waals surface area contributed by atoms with Crippen molar-refractivity contribution in [2.75, 3.05) is 25.0 Å². The lowest BCUT2D eigenvalue weighted by atomic mass is 10.0. The number of amides is 2. The number of benzene rings is 1. The Kier molecular flexibility index (Phi) is 7.57. The maximum Gasteiger partial charge on any atom is 0.254 e. The van der Waals surface area contributed by atoms with E-state index >= 15 is 0 Å². The molecule has 0 radical (unpaired) electrons. The molecule has 0 aromatic heterocycles. The van der Waals surface area contributed by atoms with Crippen molar-refractivity contribution in [1.29, 1.82) is 0 Å². The van der Waals surface area contributed by atoms with Crippen LogP contribution in [0, 0.1) is 11.7 Å². The molecule has 0 spiro atoms. The quantitative estimate of drug-likeness (QED) is 0.780. The molecule has 2 rings (SSSR count). The topological polar surface area (TPSA) is 61.4 Å². The largest absolute Gasteiger partial charge is 0.336 e. The molecule has 1 aromatic carbocycles. The molecule has 1 aliphatic heterocycles. The predicted molar refractivity (Wildman–Crippen MR) is 102 cm³/mol. The third-order valence-corrected chi connectivity index (χ3v) is 4.56. The number of halogens is 1. The Balaban J connectivity index is 2.12. The summed E-state index contributed by atoms with van der Waals surface area (Å²) in [6, 6.07) is 4.50. The summed E-state index contributed by atoms with van der Waals surface area (Å²) >= 11 is 0. The zero-order chi connectivity index (χ0) is 19.1. The minimum absolute atomic E-state index is 0.121. The van der Waals surface area contributed by atoms with E-state index in [2.05, 4.69) is 10.6 Å². The second kappa shape index (κ2) is 9.67. The van der Waals surface area contributed by atoms with Crippen molar-refractivity contribution >= 4 is 17.5 Å². The highest BCUT2D eigenvalue weighted by atomic mass is 19.1. The van der Waals surface area contributed by atoms with Gasteiger partial charge in [0.15, 0.2) is 0 Å². The number of hydrogen-bond acceptors (Lipinski definition) is 3. The molecule has 1 aromatic rings. The fourth-order valence-electron chi connectivity index (χ4n) is 3.30. The first-order chi connectivity index (χ1) is 12.4. The van der Waals surface area contributed by atoms with E-state index in [1.807, 2.05) is 25.7 Å². The van der Waals surface area contributed by atoms with Crippen LogP contribution in [0.3, 0.4) is 0 Å². The zero-order valence-electron chi connectivity index (χ0n) is 16.0. The Morgan fingerprint density at radius 2 is 2.00 bits per heavy atom. The van der Waals surface area contributed by atoms with Gasteiger partial charge in [0.2, 0.25) is 5.91 Å². The number of nitrogens with one attached hydrogen (secondary N) is 2. The lowest BCUT2D eigenvalue weighted by molar-refractivity contribution is -0.116. The van der Waals surface area contributed by atoms with Crippen molar-refractivity contribution in [2.24, 2.45) is 5.92 Å². The van der Waals surface area contributed by atoms with E-state index < -0.39 is 5.82 Å². The van der Waals surface area contributed by atoms with Crippen LogP contribution < -0.4 is 10.6 Å². The van der Waals surface area contributed by atoms with Crippen LogP contribution in [0.25, 0.3) is 0 Å². The van der Waals surface area contributed by atoms with Gasteiger partial charge in [-0.2, -0.15) is 0 Å². The Hall–Kier alpha value is -1.95. The molecule has 0 bridgehead atoms. The Morgan fingerprint density at radius 1 is 1.31 bits per heavy atom. The van der Waals surface area contributed by atoms with Crippen LogP contribution in [0.5, 0.6) is 0 Å². The molecule has 5 nitrogen and oxygen atoms in total. The van der Waals surface area contributed by atoms with Gasteiger partial charge in [-0.15, -0.1) is 0 Å². The molecule has 1 fully saturated rings. The molecule has 1 saturated heterocycles. The maximum absolute atomic E-state index is 14.4. The molecule has 2 N–H and O–H groups in total. The van der Waals surface area contributed by atoms with Gasteiger partial charge < -0.3 is 15.5 Å². The first-order valence-corrected chi connectivity index (χ1v) is 9.53. The number of carbonyl (C=O) groups excluding carboxylic acids is 2. The van der Waals surface area contributed by atoms with Crippen LogP contribution >= 0.6 is 0 Å². The second-order valence-corrected chi connectivity index (χ2v) is 7.32. The highest BCUT2D eigenvalue weighted by Gasteiger charge is 2.26. The fourth-order valence-corrected chi connectivity index (χ4v) is 3.30. The molecular weight excluding hydrogens is 333 g/mol. The van der Waals surface area contributed by atoms with Crippen LogP contribution in [0.1, 0.15) is 56.8 Å². The van der Waals surface area contributed by atoms with E-state index in [4.69, 9.17) is 0 Å². The minimum Gasteiger partial charge on any atom is -0.336 e. The number of piperidine rings is 1. The van der Waals surface area contributed by atoms with Gasteiger partial charge >= 0.3 is 0 Å². The van der Waals surface area contributed by atoms with Gasteiger partial charge in [-0.25, -0.2) is 4.39 Å². The number of rotatable bonds is 7. The third-order valence-electron chi connectivity index (χ3n) is 4.56. The van der Waals surface area contributed by atoms with E-state index in [1.165, 1.54) is 12.1 Å². The van der Waals surface area contributed by atoms with Crippen molar-refractivity contribution < 1.29 is 14.0 Å². The monoisotopic (exact) mass is 363 g/mol. The molecule has 0 unspecified atom stereocenters. The van der Waals surface area contributed by atoms with Crippen LogP contribution in [-0.4, -0.2) is 42.4 Å². The van der Waals surface area contributed by atoms with Crippen molar-refractivity contribution in [3.05, 3.63) is 29.6 Å². The van der Waals surface area contributed by atoms with Crippen LogP contribution in [-0.2, 0) is 4.79 Å². The highest BCUT2D eigenvalue weighted by molar-refractivity contribution is 5.96. The van der Waals surface area contributed by atoms with Crippen LogP contribution in [0.15, 0.2) is 18.2 Å². The van der Waals surface area contributed by atoms with Gasteiger partial charge in [0, 0.05) is 24.6 Å². The summed E-state index contributed by atoms with van der Waals surface area (Å²) in [7, 11) is 0. The summed E-state index contributed by atoms with van der Waals surface area (Å²) in [5.74, 6) is -0.737. The number of hydrogen-bond donors (Lipinski definition) is 2. The molecule has 6 heteroatoms. The average Bonchev–Trinajstić information content (AvgIpc) is 2.61. The first-order valence-electron chi connectivity index (χ1n) is 9.53. The Labute approximate surface area is 155 Å². The van der Waals surface area contributed by atoms with Gasteiger partial charge in [0.1, 0.15) is 5.82 Å². The molecule has 26 heavy (non-hydrogen) atoms. The second-order valence-electron chi connectivity index (χ2n) is 7.32. The van der Waals surface area contributed by atoms with Gasteiger partial charge in [-0.1, -0.05) is 20.8 Å². The molecule has 0 aliphatic carbocycles. The lowest BCUT2D eigenvalue weighted by Crippen LogP contribution is -2.46. The van der Waals surface area contributed by atoms with E-state index in [9.17, 15) is 14.0 Å². The molecule has 2 amide bonds. The van der Waals surface area contributed by atoms with E-state index in [0.717, 1.165) is 32.4 Å². The summed E-state index contributed by atoms with van der Waals surface area (Å²) in [6.07, 6.45) is 3.02. The number of nitrogens with zero attached hydrogens (tertiary/aromatic N) is 1. The summed E-state index contributed by atoms with van der Waals surface area (Å²) in [4.78, 5) is 26.6. The summed E-state index contributed by atoms with van der Waals surface area (Å²) in [5, 5.41) is 5.88. The lowest BCUT2D eigenvalue weighted by Gasteiger charge is -2.34. The van der Waals surface area contributed by atoms with Gasteiger partial charge in [0.25, 0.3) is 5.91 Å². The molecule has 1 heterocycles. The van der Waals surface area contributed by atoms with E-state index in [0.29, 0.717) is 18.5 Å². The molecule has 1 aliphatic rings. The summed E-state index contributed by atoms with van der Waals surface area (Å²) in [5.41, 5.74) is 0.451. The van der Waals surface area contributed by atoms with Gasteiger partial charge in [-0.3, -0.25) is 9.59 Å². The molecular formula is C20H30FN3O2. The van der Waals surface area contributed by atoms with Crippen molar-refractivity contribution in [3.8, 4) is 0 Å². The molecule has 144 valence electrons. The molecule has 0 atom stereocenters. The van der Waals surface area contributed by atoms with E-state index in [1.54, 1.807) is 6.07 Å². The standard InChI is InChI=1S/C20H30FN3O2/c1-4-11-24(16-7-9-22-10-8-16)20(26)15-5-6-18(17(21)13-15)23-19(25)12-14(2)3/h5-6,13-14,16,22H,4,7-12H2,1-3H3,(H,23,25). The van der Waals surface area contributed by atoms with Gasteiger partial charge in [0.05, 0.1) is 5.69 Å². The Bertz CT molecular complexity index is 627. The number of anilines is 1. The summed E-state index contributed by atoms with van der Waals surface area (Å²) in [6.45, 7) is 8.36. The predicted octanol–water partition coefficient (Wildman–Crippen LogP) is 3.41. The fraction of sp³-hybridized carbons (Fsp3) is 0.600. The van der Waals surface area contributed by atoms with E-state index in [-0.39, 0.29) is 29.5 Å². The zero-order valence-corrected chi connectivity index (χ0v) is 16.0. The highest BCUT2D eigenvalue weighted by Crippen LogP contribution is 2.21. The van der Waals surface area contributed by atoms with Crippen molar-refractivity contribution in [1.82, 2.24) is 10.2 Å². The van der Waals surface area contributed by atoms with Crippen molar-refractivity contribution in [2.45, 2.75) is 52.5 Å². The SMILES string of the molecule is CCCN(C(=O)c1ccc(NC(=O)CC(C)C)c(F)c1)C1CCNCC1. The minimum atomic E-state index is -0.574.